The molecule has 1 aromatic rings. The average Bonchev–Trinajstić information content (AvgIpc) is 1.86. The topological polar surface area (TPSA) is 57.5 Å². The molecule has 0 fully saturated rings. The molecule has 0 radical (unpaired) electrons. The van der Waals surface area contributed by atoms with Crippen molar-refractivity contribution in [2.75, 3.05) is 0 Å². The van der Waals surface area contributed by atoms with Gasteiger partial charge in [-0.05, 0) is 11.4 Å². The predicted molar refractivity (Wildman–Crippen MR) is 47.5 cm³/mol. The molecule has 0 spiro atoms. The van der Waals surface area contributed by atoms with Crippen LogP contribution in [0.25, 0.3) is 0 Å². The van der Waals surface area contributed by atoms with Gasteiger partial charge in [-0.25, -0.2) is 0 Å². The van der Waals surface area contributed by atoms with Crippen LogP contribution in [0.3, 0.4) is 0 Å². The Morgan fingerprint density at radius 3 is 2.18 bits per heavy atom. The van der Waals surface area contributed by atoms with Crippen molar-refractivity contribution in [1.29, 1.82) is 0 Å². The number of rotatable bonds is 1. The lowest BCUT2D eigenvalue weighted by Gasteiger charge is -2.05. The van der Waals surface area contributed by atoms with Gasteiger partial charge in [-0.1, -0.05) is 18.2 Å². The minimum atomic E-state index is -4.08. The van der Waals surface area contributed by atoms with E-state index in [9.17, 15) is 4.57 Å². The highest BCUT2D eigenvalue weighted by Crippen LogP contribution is 2.32. The highest BCUT2D eigenvalue weighted by atomic mass is 31.2. The third-order valence-electron chi connectivity index (χ3n) is 1.25. The second kappa shape index (κ2) is 3.04. The summed E-state index contributed by atoms with van der Waals surface area (Å²) in [6.07, 6.45) is 0. The van der Waals surface area contributed by atoms with Gasteiger partial charge in [-0.2, -0.15) is 0 Å². The van der Waals surface area contributed by atoms with Gasteiger partial charge in [0.2, 0.25) is 0 Å². The zero-order valence-corrected chi connectivity index (χ0v) is 7.69. The highest BCUT2D eigenvalue weighted by Gasteiger charge is 2.18. The van der Waals surface area contributed by atoms with Crippen molar-refractivity contribution in [2.45, 2.75) is 0 Å². The summed E-state index contributed by atoms with van der Waals surface area (Å²) < 4.78 is 10.7. The van der Waals surface area contributed by atoms with E-state index in [2.05, 4.69) is 9.24 Å². The quantitative estimate of drug-likeness (QED) is 0.612. The highest BCUT2D eigenvalue weighted by molar-refractivity contribution is 7.61. The summed E-state index contributed by atoms with van der Waals surface area (Å²) in [4.78, 5) is 17.5. The van der Waals surface area contributed by atoms with Crippen LogP contribution in [-0.4, -0.2) is 9.79 Å². The van der Waals surface area contributed by atoms with Crippen LogP contribution in [0.4, 0.5) is 0 Å². The van der Waals surface area contributed by atoms with E-state index in [0.29, 0.717) is 5.30 Å². The molecule has 1 rings (SSSR count). The Kier molecular flexibility index (Phi) is 2.46. The average molecular weight is 190 g/mol. The smallest absolute Gasteiger partial charge is 0.321 e. The maximum absolute atomic E-state index is 10.7. The zero-order chi connectivity index (χ0) is 8.48. The Bertz CT molecular complexity index is 304. The molecule has 3 nitrogen and oxygen atoms in total. The molecule has 0 saturated carbocycles. The van der Waals surface area contributed by atoms with Gasteiger partial charge in [0, 0.05) is 0 Å². The largest absolute Gasteiger partial charge is 0.356 e. The van der Waals surface area contributed by atoms with E-state index in [1.807, 2.05) is 0 Å². The number of hydrogen-bond donors (Lipinski definition) is 2. The van der Waals surface area contributed by atoms with Crippen LogP contribution in [-0.2, 0) is 4.57 Å². The molecule has 5 heteroatoms. The van der Waals surface area contributed by atoms with Crippen molar-refractivity contribution in [3.05, 3.63) is 24.3 Å². The van der Waals surface area contributed by atoms with Crippen molar-refractivity contribution in [1.82, 2.24) is 0 Å². The summed E-state index contributed by atoms with van der Waals surface area (Å²) in [5, 5.41) is 0.617. The molecule has 0 bridgehead atoms. The van der Waals surface area contributed by atoms with Crippen molar-refractivity contribution < 1.29 is 14.4 Å². The van der Waals surface area contributed by atoms with Crippen LogP contribution < -0.4 is 10.6 Å². The van der Waals surface area contributed by atoms with E-state index in [4.69, 9.17) is 9.79 Å². The monoisotopic (exact) mass is 190 g/mol. The van der Waals surface area contributed by atoms with Crippen LogP contribution >= 0.6 is 16.8 Å². The SMILES string of the molecule is O=P(O)(O)c1ccccc1P. The van der Waals surface area contributed by atoms with E-state index in [-0.39, 0.29) is 5.30 Å². The summed E-state index contributed by atoms with van der Waals surface area (Å²) in [6, 6.07) is 6.38. The van der Waals surface area contributed by atoms with Crippen LogP contribution in [0.15, 0.2) is 24.3 Å². The Hall–Kier alpha value is -0.200. The predicted octanol–water partition coefficient (Wildman–Crippen LogP) is -0.0100. The molecule has 0 saturated heterocycles. The zero-order valence-electron chi connectivity index (χ0n) is 5.64. The fourth-order valence-electron chi connectivity index (χ4n) is 0.753. The van der Waals surface area contributed by atoms with E-state index < -0.39 is 7.60 Å². The normalized spacial score (nSPS) is 11.5. The number of benzene rings is 1. The Balaban J connectivity index is 3.25. The fraction of sp³-hybridized carbons (Fsp3) is 0. The van der Waals surface area contributed by atoms with Crippen molar-refractivity contribution in [2.24, 2.45) is 0 Å². The fourth-order valence-corrected chi connectivity index (χ4v) is 2.16. The van der Waals surface area contributed by atoms with E-state index in [1.54, 1.807) is 18.2 Å². The lowest BCUT2D eigenvalue weighted by molar-refractivity contribution is 0.387. The maximum atomic E-state index is 10.7. The van der Waals surface area contributed by atoms with Gasteiger partial charge in [0.25, 0.3) is 0 Å². The van der Waals surface area contributed by atoms with E-state index in [0.717, 1.165) is 0 Å². The molecule has 2 N–H and O–H groups in total. The first-order valence-corrected chi connectivity index (χ1v) is 5.11. The molecule has 0 amide bonds. The van der Waals surface area contributed by atoms with Gasteiger partial charge < -0.3 is 9.79 Å². The van der Waals surface area contributed by atoms with Crippen LogP contribution in [0.5, 0.6) is 0 Å². The van der Waals surface area contributed by atoms with Gasteiger partial charge in [-0.15, -0.1) is 9.24 Å². The molecule has 1 atom stereocenters. The number of hydrogen-bond acceptors (Lipinski definition) is 1. The maximum Gasteiger partial charge on any atom is 0.356 e. The van der Waals surface area contributed by atoms with Crippen molar-refractivity contribution >= 4 is 27.4 Å². The lowest BCUT2D eigenvalue weighted by atomic mass is 10.4. The summed E-state index contributed by atoms with van der Waals surface area (Å²) >= 11 is 0. The molecule has 11 heavy (non-hydrogen) atoms. The first kappa shape index (κ1) is 8.89. The molecule has 1 aromatic carbocycles. The molecular weight excluding hydrogens is 182 g/mol. The minimum absolute atomic E-state index is 0.0741. The standard InChI is InChI=1S/C6H8O3P2/c7-11(8,9)6-4-2-1-3-5(6)10/h1-4H,10H2,(H2,7,8,9). The van der Waals surface area contributed by atoms with E-state index >= 15 is 0 Å². The lowest BCUT2D eigenvalue weighted by Crippen LogP contribution is -2.17. The van der Waals surface area contributed by atoms with E-state index in [1.165, 1.54) is 6.07 Å². The Morgan fingerprint density at radius 2 is 1.82 bits per heavy atom. The Morgan fingerprint density at radius 1 is 1.27 bits per heavy atom. The molecular formula is C6H8O3P2. The van der Waals surface area contributed by atoms with Gasteiger partial charge >= 0.3 is 7.60 Å². The van der Waals surface area contributed by atoms with Crippen molar-refractivity contribution in [3.63, 3.8) is 0 Å². The summed E-state index contributed by atoms with van der Waals surface area (Å²) in [5.41, 5.74) is 0. The first-order chi connectivity index (χ1) is 5.02. The molecule has 0 aliphatic rings. The summed E-state index contributed by atoms with van der Waals surface area (Å²) in [5.74, 6) is 0. The molecule has 0 heterocycles. The van der Waals surface area contributed by atoms with Gasteiger partial charge in [0.05, 0.1) is 5.30 Å². The van der Waals surface area contributed by atoms with Crippen molar-refractivity contribution in [3.8, 4) is 0 Å². The second-order valence-electron chi connectivity index (χ2n) is 2.10. The summed E-state index contributed by atoms with van der Waals surface area (Å²) in [7, 11) is -1.79. The van der Waals surface area contributed by atoms with Gasteiger partial charge in [0.15, 0.2) is 0 Å². The molecule has 60 valence electrons. The van der Waals surface area contributed by atoms with Gasteiger partial charge in [0.1, 0.15) is 0 Å². The second-order valence-corrected chi connectivity index (χ2v) is 4.29. The molecule has 0 aliphatic carbocycles. The molecule has 1 unspecified atom stereocenters. The summed E-state index contributed by atoms with van der Waals surface area (Å²) in [6.45, 7) is 0. The van der Waals surface area contributed by atoms with Crippen LogP contribution in [0.1, 0.15) is 0 Å². The molecule has 0 aliphatic heterocycles. The minimum Gasteiger partial charge on any atom is -0.321 e. The third-order valence-corrected chi connectivity index (χ3v) is 3.03. The van der Waals surface area contributed by atoms with Gasteiger partial charge in [-0.3, -0.25) is 4.57 Å². The Labute approximate surface area is 66.8 Å². The molecule has 0 aromatic heterocycles. The van der Waals surface area contributed by atoms with Crippen LogP contribution in [0.2, 0.25) is 0 Å². The third kappa shape index (κ3) is 2.11. The van der Waals surface area contributed by atoms with Crippen LogP contribution in [0, 0.1) is 0 Å². The first-order valence-electron chi connectivity index (χ1n) is 2.92.